The molecule has 2 aliphatic heterocycles. The van der Waals surface area contributed by atoms with Gasteiger partial charge in [-0.25, -0.2) is 10.3 Å². The van der Waals surface area contributed by atoms with E-state index in [1.807, 2.05) is 6.92 Å². The first kappa shape index (κ1) is 25.7. The number of amides is 3. The second-order valence-corrected chi connectivity index (χ2v) is 9.73. The number of hydrazine groups is 1. The Morgan fingerprint density at radius 2 is 1.68 bits per heavy atom. The zero-order chi connectivity index (χ0) is 27.0. The van der Waals surface area contributed by atoms with Gasteiger partial charge in [0, 0.05) is 10.0 Å². The maximum absolute atomic E-state index is 13.9. The number of methoxy groups -OCH3 is 2. The van der Waals surface area contributed by atoms with Crippen molar-refractivity contribution >= 4 is 39.3 Å². The molecule has 3 amide bonds. The minimum atomic E-state index is -1.04. The number of anilines is 1. The molecule has 3 aromatic carbocycles. The summed E-state index contributed by atoms with van der Waals surface area (Å²) in [5.41, 5.74) is 4.62. The number of imide groups is 1. The molecule has 2 fully saturated rings. The van der Waals surface area contributed by atoms with E-state index in [4.69, 9.17) is 14.2 Å². The molecule has 0 aliphatic carbocycles. The Morgan fingerprint density at radius 1 is 0.947 bits per heavy atom. The molecule has 10 heteroatoms. The van der Waals surface area contributed by atoms with E-state index in [0.717, 1.165) is 9.37 Å². The van der Waals surface area contributed by atoms with Crippen molar-refractivity contribution in [1.29, 1.82) is 0 Å². The van der Waals surface area contributed by atoms with Crippen LogP contribution in [0.3, 0.4) is 0 Å². The number of rotatable bonds is 7. The van der Waals surface area contributed by atoms with Gasteiger partial charge in [0.15, 0.2) is 11.5 Å². The van der Waals surface area contributed by atoms with Gasteiger partial charge in [-0.1, -0.05) is 28.1 Å². The summed E-state index contributed by atoms with van der Waals surface area (Å²) in [5, 5.41) is 1.28. The Hall–Kier alpha value is -3.89. The first-order valence-electron chi connectivity index (χ1n) is 12.1. The molecule has 3 aromatic rings. The normalized spacial score (nSPS) is 20.5. The molecule has 0 saturated carbocycles. The lowest BCUT2D eigenvalue weighted by molar-refractivity contribution is -0.123. The largest absolute Gasteiger partial charge is 0.494 e. The molecule has 0 unspecified atom stereocenters. The fourth-order valence-corrected chi connectivity index (χ4v) is 5.37. The smallest absolute Gasteiger partial charge is 0.268 e. The number of halogens is 1. The summed E-state index contributed by atoms with van der Waals surface area (Å²) in [6.45, 7) is 2.37. The van der Waals surface area contributed by atoms with E-state index in [0.29, 0.717) is 40.7 Å². The molecule has 2 aliphatic rings. The molecule has 38 heavy (non-hydrogen) atoms. The lowest BCUT2D eigenvalue weighted by Crippen LogP contribution is -2.48. The van der Waals surface area contributed by atoms with Gasteiger partial charge in [0.2, 0.25) is 5.91 Å². The Bertz CT molecular complexity index is 1400. The third kappa shape index (κ3) is 4.39. The molecular formula is C28H26BrN3O6. The quantitative estimate of drug-likeness (QED) is 0.420. The van der Waals surface area contributed by atoms with Crippen LogP contribution < -0.4 is 24.5 Å². The average Bonchev–Trinajstić information content (AvgIpc) is 3.45. The van der Waals surface area contributed by atoms with Crippen molar-refractivity contribution in [3.05, 3.63) is 82.3 Å². The van der Waals surface area contributed by atoms with Gasteiger partial charge >= 0.3 is 0 Å². The second-order valence-electron chi connectivity index (χ2n) is 8.82. The zero-order valence-corrected chi connectivity index (χ0v) is 22.6. The van der Waals surface area contributed by atoms with Crippen molar-refractivity contribution in [3.63, 3.8) is 0 Å². The summed E-state index contributed by atoms with van der Waals surface area (Å²) in [4.78, 5) is 42.5. The van der Waals surface area contributed by atoms with Gasteiger partial charge < -0.3 is 14.2 Å². The number of nitrogens with zero attached hydrogens (tertiary/aromatic N) is 2. The average molecular weight is 580 g/mol. The summed E-state index contributed by atoms with van der Waals surface area (Å²) in [6.07, 6.45) is 0. The molecule has 0 spiro atoms. The molecule has 0 radical (unpaired) electrons. The lowest BCUT2D eigenvalue weighted by Gasteiger charge is -2.25. The number of ether oxygens (including phenoxy) is 3. The second kappa shape index (κ2) is 10.5. The molecule has 196 valence electrons. The minimum Gasteiger partial charge on any atom is -0.494 e. The monoisotopic (exact) mass is 579 g/mol. The third-order valence-corrected chi connectivity index (χ3v) is 7.19. The van der Waals surface area contributed by atoms with Gasteiger partial charge in [0.05, 0.1) is 38.5 Å². The first-order valence-corrected chi connectivity index (χ1v) is 12.8. The highest BCUT2D eigenvalue weighted by atomic mass is 79.9. The number of carbonyl (C=O) groups is 3. The number of hydrogen-bond acceptors (Lipinski definition) is 7. The van der Waals surface area contributed by atoms with Crippen LogP contribution in [0, 0.1) is 5.92 Å². The van der Waals surface area contributed by atoms with Crippen LogP contribution in [0.25, 0.3) is 0 Å². The molecule has 1 N–H and O–H groups in total. The van der Waals surface area contributed by atoms with E-state index < -0.39 is 35.7 Å². The predicted octanol–water partition coefficient (Wildman–Crippen LogP) is 4.12. The van der Waals surface area contributed by atoms with Crippen LogP contribution in [0.1, 0.15) is 28.9 Å². The summed E-state index contributed by atoms with van der Waals surface area (Å²) >= 11 is 3.40. The van der Waals surface area contributed by atoms with Crippen LogP contribution in [0.4, 0.5) is 5.69 Å². The molecule has 2 saturated heterocycles. The Kier molecular flexibility index (Phi) is 7.09. The topological polar surface area (TPSA) is 97.4 Å². The Labute approximate surface area is 228 Å². The zero-order valence-electron chi connectivity index (χ0n) is 21.0. The van der Waals surface area contributed by atoms with Crippen LogP contribution in [0.15, 0.2) is 71.2 Å². The van der Waals surface area contributed by atoms with Gasteiger partial charge in [-0.05, 0) is 67.1 Å². The van der Waals surface area contributed by atoms with Gasteiger partial charge in [-0.2, -0.15) is 0 Å². The number of benzene rings is 3. The Balaban J connectivity index is 1.57. The van der Waals surface area contributed by atoms with Crippen LogP contribution in [0.2, 0.25) is 0 Å². The highest BCUT2D eigenvalue weighted by molar-refractivity contribution is 9.10. The number of hydrogen-bond donors (Lipinski definition) is 1. The van der Waals surface area contributed by atoms with Crippen molar-refractivity contribution in [2.24, 2.45) is 5.92 Å². The van der Waals surface area contributed by atoms with Gasteiger partial charge in [0.25, 0.3) is 11.8 Å². The highest BCUT2D eigenvalue weighted by Gasteiger charge is 2.60. The van der Waals surface area contributed by atoms with E-state index in [2.05, 4.69) is 21.4 Å². The predicted molar refractivity (Wildman–Crippen MR) is 143 cm³/mol. The van der Waals surface area contributed by atoms with E-state index in [9.17, 15) is 14.4 Å². The highest BCUT2D eigenvalue weighted by Crippen LogP contribution is 2.44. The number of nitrogens with one attached hydrogen (secondary N) is 1. The van der Waals surface area contributed by atoms with E-state index in [1.54, 1.807) is 66.7 Å². The van der Waals surface area contributed by atoms with Gasteiger partial charge in [-0.3, -0.25) is 19.4 Å². The van der Waals surface area contributed by atoms with Gasteiger partial charge in [-0.15, -0.1) is 0 Å². The van der Waals surface area contributed by atoms with E-state index >= 15 is 0 Å². The number of fused-ring (bicyclic) bond motifs is 1. The van der Waals surface area contributed by atoms with E-state index in [-0.39, 0.29) is 0 Å². The molecule has 9 nitrogen and oxygen atoms in total. The summed E-state index contributed by atoms with van der Waals surface area (Å²) in [6, 6.07) is 17.2. The maximum Gasteiger partial charge on any atom is 0.268 e. The Morgan fingerprint density at radius 3 is 2.34 bits per heavy atom. The summed E-state index contributed by atoms with van der Waals surface area (Å²) in [5.74, 6) is -0.531. The summed E-state index contributed by atoms with van der Waals surface area (Å²) in [7, 11) is 3.06. The van der Waals surface area contributed by atoms with Crippen LogP contribution in [-0.4, -0.2) is 49.6 Å². The summed E-state index contributed by atoms with van der Waals surface area (Å²) < 4.78 is 17.0. The van der Waals surface area contributed by atoms with Crippen LogP contribution >= 0.6 is 15.9 Å². The van der Waals surface area contributed by atoms with Gasteiger partial charge in [0.1, 0.15) is 11.8 Å². The fraction of sp³-hybridized carbons (Fsp3) is 0.250. The van der Waals surface area contributed by atoms with Crippen LogP contribution in [0.5, 0.6) is 17.2 Å². The first-order chi connectivity index (χ1) is 18.4. The SMILES string of the molecule is CCOc1ccc(N2C(=O)[C@@H]3[C@H](c4ccc(OC)c(OC)c4)NN(C(=O)c4cccc(Br)c4)[C@H]3C2=O)cc1. The van der Waals surface area contributed by atoms with Crippen molar-refractivity contribution in [3.8, 4) is 17.2 Å². The van der Waals surface area contributed by atoms with Crippen molar-refractivity contribution in [1.82, 2.24) is 10.4 Å². The fourth-order valence-electron chi connectivity index (χ4n) is 4.97. The van der Waals surface area contributed by atoms with Crippen molar-refractivity contribution in [2.45, 2.75) is 19.0 Å². The van der Waals surface area contributed by atoms with Crippen LogP contribution in [-0.2, 0) is 9.59 Å². The molecule has 2 heterocycles. The molecular weight excluding hydrogens is 554 g/mol. The maximum atomic E-state index is 13.9. The molecule has 3 atom stereocenters. The molecule has 0 aromatic heterocycles. The molecule has 0 bridgehead atoms. The lowest BCUT2D eigenvalue weighted by atomic mass is 9.90. The standard InChI is InChI=1S/C28H26BrN3O6/c1-4-38-20-11-9-19(10-12-20)31-27(34)23-24(16-8-13-21(36-2)22(15-16)37-3)30-32(25(23)28(31)35)26(33)17-6-5-7-18(29)14-17/h5-15,23-25,30H,4H2,1-3H3/t23-,24+,25-/m1/s1. The minimum absolute atomic E-state index is 0.373. The van der Waals surface area contributed by atoms with Crippen molar-refractivity contribution in [2.75, 3.05) is 25.7 Å². The van der Waals surface area contributed by atoms with Crippen molar-refractivity contribution < 1.29 is 28.6 Å². The third-order valence-electron chi connectivity index (χ3n) is 6.70. The van der Waals surface area contributed by atoms with E-state index in [1.165, 1.54) is 19.2 Å². The number of carbonyl (C=O) groups excluding carboxylic acids is 3. The molecule has 5 rings (SSSR count).